The maximum atomic E-state index is 14.0. The van der Waals surface area contributed by atoms with Crippen LogP contribution < -0.4 is 0 Å². The van der Waals surface area contributed by atoms with E-state index in [9.17, 15) is 28.1 Å². The Morgan fingerprint density at radius 1 is 1.16 bits per heavy atom. The summed E-state index contributed by atoms with van der Waals surface area (Å²) >= 11 is 6.15. The standard InChI is InChI=1S/C13H16ClFNO12P3/c14-12-4-7-8(15)2-1-3-9(7)16(12)13-5-10(17)11(26-13)6-25-30(21,22)28-31(23,24)27-29(18,19)20/h1-4,10-11,13,17H,5-6H2,(H,21,22)(H,23,24)(H2,18,19,20)/t10-,11+,13+/m0/s1. The summed E-state index contributed by atoms with van der Waals surface area (Å²) in [5.74, 6) is -0.527. The van der Waals surface area contributed by atoms with Crippen LogP contribution >= 0.6 is 35.1 Å². The Hall–Kier alpha value is -0.690. The number of hydrogen-bond acceptors (Lipinski definition) is 8. The average Bonchev–Trinajstić information content (AvgIpc) is 3.09. The molecule has 1 aliphatic rings. The van der Waals surface area contributed by atoms with Crippen molar-refractivity contribution >= 4 is 46.0 Å². The van der Waals surface area contributed by atoms with Gasteiger partial charge in [0, 0.05) is 11.8 Å². The number of aromatic nitrogens is 1. The minimum absolute atomic E-state index is 0.0650. The first-order chi connectivity index (χ1) is 14.2. The zero-order chi connectivity index (χ0) is 23.2. The Morgan fingerprint density at radius 3 is 2.48 bits per heavy atom. The number of phosphoric acid groups is 3. The molecule has 0 bridgehead atoms. The Bertz CT molecular complexity index is 1120. The van der Waals surface area contributed by atoms with Crippen molar-refractivity contribution in [1.29, 1.82) is 0 Å². The molecule has 0 aliphatic carbocycles. The number of rotatable bonds is 8. The van der Waals surface area contributed by atoms with Crippen LogP contribution in [0.15, 0.2) is 24.3 Å². The van der Waals surface area contributed by atoms with E-state index in [-0.39, 0.29) is 17.0 Å². The summed E-state index contributed by atoms with van der Waals surface area (Å²) in [5.41, 5.74) is 0.371. The molecule has 1 aliphatic heterocycles. The van der Waals surface area contributed by atoms with Crippen LogP contribution in [0.1, 0.15) is 12.6 Å². The second kappa shape index (κ2) is 8.92. The summed E-state index contributed by atoms with van der Waals surface area (Å²) in [4.78, 5) is 35.6. The topological polar surface area (TPSA) is 194 Å². The van der Waals surface area contributed by atoms with Crippen LogP contribution in [0.4, 0.5) is 4.39 Å². The molecule has 0 radical (unpaired) electrons. The molecule has 2 unspecified atom stereocenters. The maximum absolute atomic E-state index is 14.0. The molecule has 1 saturated heterocycles. The molecule has 1 fully saturated rings. The molecule has 3 rings (SSSR count). The summed E-state index contributed by atoms with van der Waals surface area (Å²) in [6.07, 6.45) is -3.46. The van der Waals surface area contributed by atoms with Gasteiger partial charge in [-0.05, 0) is 18.2 Å². The highest BCUT2D eigenvalue weighted by Crippen LogP contribution is 2.66. The van der Waals surface area contributed by atoms with Gasteiger partial charge < -0.3 is 34.0 Å². The first-order valence-electron chi connectivity index (χ1n) is 8.24. The lowest BCUT2D eigenvalue weighted by Gasteiger charge is -2.20. The molecular weight excluding hydrogens is 510 g/mol. The van der Waals surface area contributed by atoms with E-state index in [1.165, 1.54) is 22.8 Å². The molecular formula is C13H16ClFNO12P3. The first-order valence-corrected chi connectivity index (χ1v) is 13.1. The monoisotopic (exact) mass is 525 g/mol. The molecule has 13 nitrogen and oxygen atoms in total. The molecule has 5 atom stereocenters. The smallest absolute Gasteiger partial charge is 0.390 e. The lowest BCUT2D eigenvalue weighted by atomic mass is 10.2. The maximum Gasteiger partial charge on any atom is 0.490 e. The van der Waals surface area contributed by atoms with Gasteiger partial charge in [-0.25, -0.2) is 18.1 Å². The van der Waals surface area contributed by atoms with E-state index in [0.29, 0.717) is 5.52 Å². The number of nitrogens with zero attached hydrogens (tertiary/aromatic N) is 1. The lowest BCUT2D eigenvalue weighted by Crippen LogP contribution is -2.26. The van der Waals surface area contributed by atoms with E-state index in [4.69, 9.17) is 31.0 Å². The highest BCUT2D eigenvalue weighted by Gasteiger charge is 2.43. The largest absolute Gasteiger partial charge is 0.490 e. The number of halogens is 2. The minimum Gasteiger partial charge on any atom is -0.390 e. The molecule has 5 N–H and O–H groups in total. The second-order valence-corrected chi connectivity index (χ2v) is 11.1. The van der Waals surface area contributed by atoms with Gasteiger partial charge >= 0.3 is 23.5 Å². The van der Waals surface area contributed by atoms with E-state index in [1.807, 2.05) is 0 Å². The number of aliphatic hydroxyl groups is 1. The summed E-state index contributed by atoms with van der Waals surface area (Å²) in [6, 6.07) is 5.61. The summed E-state index contributed by atoms with van der Waals surface area (Å²) in [7, 11) is -16.6. The predicted octanol–water partition coefficient (Wildman–Crippen LogP) is 2.43. The van der Waals surface area contributed by atoms with Crippen molar-refractivity contribution in [2.24, 2.45) is 0 Å². The SMILES string of the molecule is O=P(O)(O)OP(=O)(O)OP(=O)(O)OC[C@H]1O[C@@H](n2c(Cl)cc3c(F)cccc32)C[C@@H]1O. The Labute approximate surface area is 178 Å². The van der Waals surface area contributed by atoms with Gasteiger partial charge in [0.1, 0.15) is 23.3 Å². The lowest BCUT2D eigenvalue weighted by molar-refractivity contribution is -0.0419. The van der Waals surface area contributed by atoms with Crippen molar-refractivity contribution in [1.82, 2.24) is 4.57 Å². The summed E-state index contributed by atoms with van der Waals surface area (Å²) in [6.45, 7) is -0.827. The second-order valence-electron chi connectivity index (χ2n) is 6.33. The number of phosphoric ester groups is 1. The summed E-state index contributed by atoms with van der Waals surface area (Å²) in [5, 5.41) is 10.5. The van der Waals surface area contributed by atoms with Crippen molar-refractivity contribution in [3.63, 3.8) is 0 Å². The molecule has 2 heterocycles. The molecule has 18 heteroatoms. The fraction of sp³-hybridized carbons (Fsp3) is 0.385. The quantitative estimate of drug-likeness (QED) is 0.316. The van der Waals surface area contributed by atoms with Crippen LogP contribution in [0, 0.1) is 5.82 Å². The first kappa shape index (κ1) is 24.9. The fourth-order valence-corrected chi connectivity index (χ4v) is 6.31. The van der Waals surface area contributed by atoms with Crippen LogP contribution in [0.3, 0.4) is 0 Å². The molecule has 1 aromatic heterocycles. The number of fused-ring (bicyclic) bond motifs is 1. The van der Waals surface area contributed by atoms with Crippen molar-refractivity contribution in [2.75, 3.05) is 6.61 Å². The molecule has 31 heavy (non-hydrogen) atoms. The van der Waals surface area contributed by atoms with Gasteiger partial charge in [0.05, 0.1) is 18.2 Å². The normalized spacial score (nSPS) is 26.1. The third-order valence-electron chi connectivity index (χ3n) is 4.09. The fourth-order valence-electron chi connectivity index (χ4n) is 2.97. The van der Waals surface area contributed by atoms with Crippen LogP contribution in [-0.4, -0.2) is 48.1 Å². The van der Waals surface area contributed by atoms with Crippen molar-refractivity contribution < 1.29 is 60.6 Å². The predicted molar refractivity (Wildman–Crippen MR) is 101 cm³/mol. The van der Waals surface area contributed by atoms with Gasteiger partial charge in [0.15, 0.2) is 0 Å². The van der Waals surface area contributed by atoms with Crippen LogP contribution in [-0.2, 0) is 31.6 Å². The van der Waals surface area contributed by atoms with Crippen LogP contribution in [0.2, 0.25) is 5.15 Å². The van der Waals surface area contributed by atoms with E-state index in [0.717, 1.165) is 0 Å². The van der Waals surface area contributed by atoms with Gasteiger partial charge in [-0.1, -0.05) is 17.7 Å². The van der Waals surface area contributed by atoms with Crippen LogP contribution in [0.5, 0.6) is 0 Å². The number of aliphatic hydroxyl groups excluding tert-OH is 1. The van der Waals surface area contributed by atoms with Crippen LogP contribution in [0.25, 0.3) is 10.9 Å². The van der Waals surface area contributed by atoms with Gasteiger partial charge in [0.2, 0.25) is 0 Å². The highest BCUT2D eigenvalue weighted by atomic mass is 35.5. The van der Waals surface area contributed by atoms with E-state index >= 15 is 0 Å². The molecule has 0 amide bonds. The molecule has 174 valence electrons. The molecule has 0 saturated carbocycles. The molecule has 2 aromatic rings. The van der Waals surface area contributed by atoms with E-state index < -0.39 is 54.3 Å². The van der Waals surface area contributed by atoms with Crippen molar-refractivity contribution in [2.45, 2.75) is 24.9 Å². The Kier molecular flexibility index (Phi) is 7.18. The Balaban J connectivity index is 1.68. The van der Waals surface area contributed by atoms with Crippen molar-refractivity contribution in [3.8, 4) is 0 Å². The number of benzene rings is 1. The van der Waals surface area contributed by atoms with Gasteiger partial charge in [0.25, 0.3) is 0 Å². The Morgan fingerprint density at radius 2 is 1.84 bits per heavy atom. The van der Waals surface area contributed by atoms with Gasteiger partial charge in [-0.3, -0.25) is 4.52 Å². The zero-order valence-corrected chi connectivity index (χ0v) is 18.5. The third-order valence-corrected chi connectivity index (χ3v) is 8.19. The molecule has 1 aromatic carbocycles. The average molecular weight is 526 g/mol. The highest BCUT2D eigenvalue weighted by molar-refractivity contribution is 7.66. The summed E-state index contributed by atoms with van der Waals surface area (Å²) < 4.78 is 66.3. The number of hydrogen-bond donors (Lipinski definition) is 5. The third kappa shape index (κ3) is 6.21. The molecule has 0 spiro atoms. The van der Waals surface area contributed by atoms with Crippen molar-refractivity contribution in [3.05, 3.63) is 35.2 Å². The van der Waals surface area contributed by atoms with E-state index in [1.54, 1.807) is 6.07 Å². The minimum atomic E-state index is -5.66. The van der Waals surface area contributed by atoms with Gasteiger partial charge in [-0.15, -0.1) is 0 Å². The van der Waals surface area contributed by atoms with E-state index in [2.05, 4.69) is 13.1 Å². The number of ether oxygens (including phenoxy) is 1. The van der Waals surface area contributed by atoms with Gasteiger partial charge in [-0.2, -0.15) is 8.62 Å². The zero-order valence-electron chi connectivity index (χ0n) is 15.1.